The molecule has 1 aliphatic rings. The Morgan fingerprint density at radius 2 is 1.83 bits per heavy atom. The molecule has 0 aromatic carbocycles. The highest BCUT2D eigenvalue weighted by Crippen LogP contribution is 2.37. The van der Waals surface area contributed by atoms with Gasteiger partial charge in [0.25, 0.3) is 5.56 Å². The number of fused-ring (bicyclic) bond motifs is 1. The molecule has 4 aromatic heterocycles. The summed E-state index contributed by atoms with van der Waals surface area (Å²) in [4.78, 5) is 19.7. The summed E-state index contributed by atoms with van der Waals surface area (Å²) in [5.41, 5.74) is 0.439. The Morgan fingerprint density at radius 3 is 2.53 bits per heavy atom. The molecule has 1 saturated carbocycles. The molecule has 0 atom stereocenters. The van der Waals surface area contributed by atoms with Crippen molar-refractivity contribution in [2.75, 3.05) is 12.4 Å². The van der Waals surface area contributed by atoms with E-state index in [0.29, 0.717) is 22.8 Å². The number of anilines is 1. The van der Waals surface area contributed by atoms with Crippen molar-refractivity contribution >= 4 is 16.7 Å². The molecule has 5 rings (SSSR count). The SMILES string of the molecule is CNc1cc2c(cn1)c(-c1cncc(C(F)(F)F)c1)nn2C1CCC(Oc2ccc(=O)n(C)n2)CC1. The maximum absolute atomic E-state index is 13.3. The third-order valence-electron chi connectivity index (χ3n) is 6.40. The zero-order valence-electron chi connectivity index (χ0n) is 19.7. The van der Waals surface area contributed by atoms with Gasteiger partial charge in [-0.1, -0.05) is 0 Å². The number of alkyl halides is 3. The van der Waals surface area contributed by atoms with Gasteiger partial charge in [0, 0.05) is 61.8 Å². The molecular formula is C24H24F3N7O2. The number of rotatable bonds is 5. The number of nitrogens with zero attached hydrogens (tertiary/aromatic N) is 6. The molecule has 36 heavy (non-hydrogen) atoms. The minimum atomic E-state index is -4.50. The summed E-state index contributed by atoms with van der Waals surface area (Å²) in [6, 6.07) is 5.93. The van der Waals surface area contributed by atoms with Crippen LogP contribution in [0.2, 0.25) is 0 Å². The summed E-state index contributed by atoms with van der Waals surface area (Å²) in [7, 11) is 3.32. The zero-order chi connectivity index (χ0) is 25.4. The quantitative estimate of drug-likeness (QED) is 0.439. The fraction of sp³-hybridized carbons (Fsp3) is 0.375. The molecular weight excluding hydrogens is 475 g/mol. The molecule has 1 aliphatic carbocycles. The fourth-order valence-corrected chi connectivity index (χ4v) is 4.51. The van der Waals surface area contributed by atoms with E-state index in [1.807, 2.05) is 10.7 Å². The molecule has 0 spiro atoms. The van der Waals surface area contributed by atoms with E-state index in [1.54, 1.807) is 26.4 Å². The molecule has 0 unspecified atom stereocenters. The standard InChI is InChI=1S/C24H24F3N7O2/c1-28-20-10-19-18(13-30-20)23(14-9-15(12-29-11-14)24(25,26)27)32-34(19)16-3-5-17(6-4-16)36-21-7-8-22(35)33(2)31-21/h7-13,16-17H,3-6H2,1-2H3,(H,28,30). The maximum atomic E-state index is 13.3. The monoisotopic (exact) mass is 499 g/mol. The number of ether oxygens (including phenoxy) is 1. The first-order valence-electron chi connectivity index (χ1n) is 11.5. The van der Waals surface area contributed by atoms with Crippen molar-refractivity contribution < 1.29 is 17.9 Å². The molecule has 9 nitrogen and oxygen atoms in total. The Kier molecular flexibility index (Phi) is 6.10. The second-order valence-electron chi connectivity index (χ2n) is 8.77. The van der Waals surface area contributed by atoms with Gasteiger partial charge in [0.05, 0.1) is 17.1 Å². The molecule has 0 amide bonds. The average Bonchev–Trinajstić information content (AvgIpc) is 3.25. The van der Waals surface area contributed by atoms with E-state index in [2.05, 4.69) is 20.4 Å². The van der Waals surface area contributed by atoms with Crippen molar-refractivity contribution in [2.45, 2.75) is 44.0 Å². The van der Waals surface area contributed by atoms with Crippen molar-refractivity contribution in [3.8, 4) is 17.1 Å². The largest absolute Gasteiger partial charge is 0.473 e. The highest BCUT2D eigenvalue weighted by Gasteiger charge is 2.32. The molecule has 0 bridgehead atoms. The van der Waals surface area contributed by atoms with Gasteiger partial charge in [0.2, 0.25) is 5.88 Å². The third-order valence-corrected chi connectivity index (χ3v) is 6.40. The molecule has 188 valence electrons. The second-order valence-corrected chi connectivity index (χ2v) is 8.77. The summed E-state index contributed by atoms with van der Waals surface area (Å²) >= 11 is 0. The molecule has 1 fully saturated rings. The van der Waals surface area contributed by atoms with E-state index < -0.39 is 11.7 Å². The number of aryl methyl sites for hydroxylation is 1. The third kappa shape index (κ3) is 4.62. The lowest BCUT2D eigenvalue weighted by atomic mass is 9.93. The van der Waals surface area contributed by atoms with Gasteiger partial charge in [0.15, 0.2) is 0 Å². The van der Waals surface area contributed by atoms with Gasteiger partial charge in [-0.2, -0.15) is 18.3 Å². The van der Waals surface area contributed by atoms with Crippen molar-refractivity contribution in [3.63, 3.8) is 0 Å². The van der Waals surface area contributed by atoms with Gasteiger partial charge in [-0.15, -0.1) is 5.10 Å². The molecule has 0 saturated heterocycles. The Hall–Kier alpha value is -3.96. The summed E-state index contributed by atoms with van der Waals surface area (Å²) in [5.74, 6) is 1.03. The number of nitrogens with one attached hydrogen (secondary N) is 1. The predicted molar refractivity (Wildman–Crippen MR) is 127 cm³/mol. The van der Waals surface area contributed by atoms with Crippen molar-refractivity contribution in [2.24, 2.45) is 7.05 Å². The van der Waals surface area contributed by atoms with Crippen molar-refractivity contribution in [1.82, 2.24) is 29.5 Å². The molecule has 4 aromatic rings. The molecule has 4 heterocycles. The van der Waals surface area contributed by atoms with E-state index in [-0.39, 0.29) is 23.3 Å². The van der Waals surface area contributed by atoms with Gasteiger partial charge in [-0.3, -0.25) is 14.5 Å². The van der Waals surface area contributed by atoms with Crippen LogP contribution in [0.15, 0.2) is 47.7 Å². The first-order chi connectivity index (χ1) is 17.2. The predicted octanol–water partition coefficient (Wildman–Crippen LogP) is 4.21. The molecule has 0 radical (unpaired) electrons. The minimum absolute atomic E-state index is 0.0278. The Morgan fingerprint density at radius 1 is 1.06 bits per heavy atom. The lowest BCUT2D eigenvalue weighted by Gasteiger charge is -2.29. The number of pyridine rings is 2. The van der Waals surface area contributed by atoms with Crippen LogP contribution < -0.4 is 15.6 Å². The van der Waals surface area contributed by atoms with Crippen LogP contribution in [-0.4, -0.2) is 42.7 Å². The van der Waals surface area contributed by atoms with Crippen LogP contribution in [0.1, 0.15) is 37.3 Å². The summed E-state index contributed by atoms with van der Waals surface area (Å²) in [5, 5.41) is 12.6. The first kappa shape index (κ1) is 23.8. The van der Waals surface area contributed by atoms with Crippen molar-refractivity contribution in [3.05, 3.63) is 58.8 Å². The van der Waals surface area contributed by atoms with Crippen LogP contribution in [-0.2, 0) is 13.2 Å². The van der Waals surface area contributed by atoms with Crippen LogP contribution in [0.25, 0.3) is 22.2 Å². The van der Waals surface area contributed by atoms with Crippen molar-refractivity contribution in [1.29, 1.82) is 0 Å². The van der Waals surface area contributed by atoms with Crippen LogP contribution in [0.3, 0.4) is 0 Å². The number of hydrogen-bond acceptors (Lipinski definition) is 7. The molecule has 0 aliphatic heterocycles. The lowest BCUT2D eigenvalue weighted by molar-refractivity contribution is -0.137. The van der Waals surface area contributed by atoms with E-state index in [1.165, 1.54) is 16.9 Å². The minimum Gasteiger partial charge on any atom is -0.473 e. The molecule has 1 N–H and O–H groups in total. The zero-order valence-corrected chi connectivity index (χ0v) is 19.7. The topological polar surface area (TPSA) is 99.8 Å². The number of hydrogen-bond donors (Lipinski definition) is 1. The fourth-order valence-electron chi connectivity index (χ4n) is 4.51. The number of halogens is 3. The highest BCUT2D eigenvalue weighted by atomic mass is 19.4. The van der Waals surface area contributed by atoms with E-state index >= 15 is 0 Å². The molecule has 12 heteroatoms. The van der Waals surface area contributed by atoms with E-state index in [4.69, 9.17) is 9.84 Å². The normalized spacial score (nSPS) is 18.4. The van der Waals surface area contributed by atoms with Gasteiger partial charge in [0.1, 0.15) is 17.6 Å². The van der Waals surface area contributed by atoms with Gasteiger partial charge in [-0.05, 0) is 31.7 Å². The maximum Gasteiger partial charge on any atom is 0.417 e. The summed E-state index contributed by atoms with van der Waals surface area (Å²) in [6.07, 6.45) is 2.24. The summed E-state index contributed by atoms with van der Waals surface area (Å²) < 4.78 is 49.0. The van der Waals surface area contributed by atoms with E-state index in [0.717, 1.165) is 43.5 Å². The van der Waals surface area contributed by atoms with Gasteiger partial charge in [-0.25, -0.2) is 9.67 Å². The average molecular weight is 499 g/mol. The van der Waals surface area contributed by atoms with E-state index in [9.17, 15) is 18.0 Å². The van der Waals surface area contributed by atoms with Crippen LogP contribution in [0.5, 0.6) is 5.88 Å². The van der Waals surface area contributed by atoms with Gasteiger partial charge < -0.3 is 10.1 Å². The highest BCUT2D eigenvalue weighted by molar-refractivity contribution is 5.94. The lowest BCUT2D eigenvalue weighted by Crippen LogP contribution is -2.27. The second kappa shape index (κ2) is 9.25. The number of aromatic nitrogens is 6. The first-order valence-corrected chi connectivity index (χ1v) is 11.5. The Balaban J connectivity index is 1.44. The Bertz CT molecular complexity index is 1460. The van der Waals surface area contributed by atoms with Crippen LogP contribution in [0, 0.1) is 0 Å². The van der Waals surface area contributed by atoms with Gasteiger partial charge >= 0.3 is 6.18 Å². The summed E-state index contributed by atoms with van der Waals surface area (Å²) in [6.45, 7) is 0. The van der Waals surface area contributed by atoms with Crippen LogP contribution in [0.4, 0.5) is 19.0 Å². The Labute approximate surface area is 203 Å². The van der Waals surface area contributed by atoms with Crippen LogP contribution >= 0.6 is 0 Å². The smallest absolute Gasteiger partial charge is 0.417 e.